The minimum Gasteiger partial charge on any atom is -0.328 e. The first kappa shape index (κ1) is 15.9. The van der Waals surface area contributed by atoms with Crippen LogP contribution in [0, 0.1) is 0 Å². The van der Waals surface area contributed by atoms with Gasteiger partial charge in [0.1, 0.15) is 4.90 Å². The van der Waals surface area contributed by atoms with Crippen molar-refractivity contribution in [1.82, 2.24) is 0 Å². The molecule has 21 heavy (non-hydrogen) atoms. The van der Waals surface area contributed by atoms with Crippen molar-refractivity contribution in [2.75, 3.05) is 0 Å². The first-order valence-corrected chi connectivity index (χ1v) is 8.63. The Kier molecular flexibility index (Phi) is 5.33. The van der Waals surface area contributed by atoms with Crippen LogP contribution >= 0.6 is 0 Å². The third kappa shape index (κ3) is 4.52. The summed E-state index contributed by atoms with van der Waals surface area (Å²) in [5.74, 6) is 0. The zero-order valence-electron chi connectivity index (χ0n) is 11.9. The molecule has 0 amide bonds. The minimum absolute atomic E-state index is 0.0457. The molecule has 1 aliphatic rings. The van der Waals surface area contributed by atoms with Gasteiger partial charge in [0.25, 0.3) is 10.1 Å². The average molecular weight is 307 g/mol. The van der Waals surface area contributed by atoms with Gasteiger partial charge in [-0.3, -0.25) is 4.55 Å². The van der Waals surface area contributed by atoms with Crippen molar-refractivity contribution in [1.29, 1.82) is 0 Å². The summed E-state index contributed by atoms with van der Waals surface area (Å²) < 4.78 is 31.0. The topological polar surface area (TPSA) is 80.4 Å². The normalized spacial score (nSPS) is 16.3. The number of benzene rings is 2. The molecule has 2 aromatic carbocycles. The fraction of sp³-hybridized carbons (Fsp3) is 0.375. The third-order valence-corrected chi connectivity index (χ3v) is 4.59. The lowest BCUT2D eigenvalue weighted by molar-refractivity contribution is 0.441. The van der Waals surface area contributed by atoms with Crippen LogP contribution in [0.1, 0.15) is 32.1 Å². The lowest BCUT2D eigenvalue weighted by Crippen LogP contribution is -2.22. The molecule has 0 radical (unpaired) electrons. The molecule has 0 atom stereocenters. The van der Waals surface area contributed by atoms with Crippen LogP contribution < -0.4 is 5.73 Å². The van der Waals surface area contributed by atoms with Crippen LogP contribution in [0.15, 0.2) is 47.4 Å². The predicted molar refractivity (Wildman–Crippen MR) is 84.8 cm³/mol. The highest BCUT2D eigenvalue weighted by Gasteiger charge is 2.12. The molecule has 1 fully saturated rings. The fourth-order valence-electron chi connectivity index (χ4n) is 2.55. The molecule has 0 saturated heterocycles. The average Bonchev–Trinajstić information content (AvgIpc) is 2.47. The number of rotatable bonds is 1. The van der Waals surface area contributed by atoms with Gasteiger partial charge in [-0.1, -0.05) is 55.7 Å². The zero-order chi connectivity index (χ0) is 15.3. The van der Waals surface area contributed by atoms with Crippen LogP contribution in [-0.2, 0) is 10.1 Å². The Balaban J connectivity index is 0.000000194. The first-order chi connectivity index (χ1) is 9.98. The van der Waals surface area contributed by atoms with Crippen LogP contribution in [0.4, 0.5) is 0 Å². The van der Waals surface area contributed by atoms with E-state index in [1.807, 2.05) is 6.07 Å². The van der Waals surface area contributed by atoms with Gasteiger partial charge in [-0.15, -0.1) is 0 Å². The van der Waals surface area contributed by atoms with E-state index >= 15 is 0 Å². The van der Waals surface area contributed by atoms with Gasteiger partial charge in [-0.05, 0) is 24.3 Å². The number of hydrogen-bond donors (Lipinski definition) is 2. The van der Waals surface area contributed by atoms with Crippen LogP contribution in [0.5, 0.6) is 0 Å². The molecular weight excluding hydrogens is 286 g/mol. The standard InChI is InChI=1S/C10H8O3S.C6H13N/c11-14(12,13)10-7-3-5-8-4-1-2-6-9(8)10;7-6-4-2-1-3-5-6/h1-7H,(H,11,12,13);6H,1-5,7H2. The van der Waals surface area contributed by atoms with Gasteiger partial charge in [0, 0.05) is 11.4 Å². The van der Waals surface area contributed by atoms with Crippen molar-refractivity contribution in [3.05, 3.63) is 42.5 Å². The smallest absolute Gasteiger partial charge is 0.295 e. The molecule has 0 bridgehead atoms. The van der Waals surface area contributed by atoms with Crippen LogP contribution in [0.3, 0.4) is 0 Å². The van der Waals surface area contributed by atoms with Gasteiger partial charge in [0.15, 0.2) is 0 Å². The van der Waals surface area contributed by atoms with Crippen molar-refractivity contribution in [2.45, 2.75) is 43.0 Å². The summed E-state index contributed by atoms with van der Waals surface area (Å²) >= 11 is 0. The Hall–Kier alpha value is -1.43. The van der Waals surface area contributed by atoms with Gasteiger partial charge < -0.3 is 5.73 Å². The van der Waals surface area contributed by atoms with Crippen molar-refractivity contribution in [3.8, 4) is 0 Å². The minimum atomic E-state index is -4.13. The van der Waals surface area contributed by atoms with E-state index in [-0.39, 0.29) is 4.90 Å². The summed E-state index contributed by atoms with van der Waals surface area (Å²) in [7, 11) is -4.13. The Morgan fingerprint density at radius 3 is 2.14 bits per heavy atom. The molecule has 0 unspecified atom stereocenters. The molecular formula is C16H21NO3S. The lowest BCUT2D eigenvalue weighted by atomic mass is 9.97. The molecule has 1 aliphatic carbocycles. The SMILES string of the molecule is NC1CCCCC1.O=S(=O)(O)c1cccc2ccccc12. The summed E-state index contributed by atoms with van der Waals surface area (Å²) in [5, 5.41) is 1.33. The maximum Gasteiger partial charge on any atom is 0.295 e. The summed E-state index contributed by atoms with van der Waals surface area (Å²) in [6.45, 7) is 0. The van der Waals surface area contributed by atoms with Crippen molar-refractivity contribution >= 4 is 20.9 Å². The summed E-state index contributed by atoms with van der Waals surface area (Å²) in [4.78, 5) is -0.0457. The monoisotopic (exact) mass is 307 g/mol. The molecule has 3 N–H and O–H groups in total. The van der Waals surface area contributed by atoms with E-state index in [4.69, 9.17) is 10.3 Å². The predicted octanol–water partition coefficient (Wildman–Crippen LogP) is 3.36. The Labute approximate surface area is 125 Å². The van der Waals surface area contributed by atoms with E-state index in [9.17, 15) is 8.42 Å². The van der Waals surface area contributed by atoms with E-state index in [1.165, 1.54) is 38.2 Å². The quantitative estimate of drug-likeness (QED) is 0.792. The highest BCUT2D eigenvalue weighted by Crippen LogP contribution is 2.22. The fourth-order valence-corrected chi connectivity index (χ4v) is 3.27. The Morgan fingerprint density at radius 1 is 0.952 bits per heavy atom. The largest absolute Gasteiger partial charge is 0.328 e. The highest BCUT2D eigenvalue weighted by molar-refractivity contribution is 7.86. The molecule has 2 aromatic rings. The van der Waals surface area contributed by atoms with E-state index < -0.39 is 10.1 Å². The van der Waals surface area contributed by atoms with Gasteiger partial charge >= 0.3 is 0 Å². The second-order valence-electron chi connectivity index (χ2n) is 5.35. The van der Waals surface area contributed by atoms with E-state index in [2.05, 4.69) is 0 Å². The maximum absolute atomic E-state index is 11.0. The number of nitrogens with two attached hydrogens (primary N) is 1. The molecule has 4 nitrogen and oxygen atoms in total. The summed E-state index contributed by atoms with van der Waals surface area (Å²) in [5.41, 5.74) is 5.63. The van der Waals surface area contributed by atoms with Gasteiger partial charge in [0.2, 0.25) is 0 Å². The molecule has 0 heterocycles. The van der Waals surface area contributed by atoms with Crippen LogP contribution in [0.2, 0.25) is 0 Å². The van der Waals surface area contributed by atoms with Crippen molar-refractivity contribution in [2.24, 2.45) is 5.73 Å². The summed E-state index contributed by atoms with van der Waals surface area (Å²) in [6, 6.07) is 12.3. The maximum atomic E-state index is 11.0. The van der Waals surface area contributed by atoms with Gasteiger partial charge in [-0.2, -0.15) is 8.42 Å². The van der Waals surface area contributed by atoms with Gasteiger partial charge in [-0.25, -0.2) is 0 Å². The molecule has 0 aliphatic heterocycles. The van der Waals surface area contributed by atoms with E-state index in [0.29, 0.717) is 11.4 Å². The van der Waals surface area contributed by atoms with E-state index in [1.54, 1.807) is 30.3 Å². The highest BCUT2D eigenvalue weighted by atomic mass is 32.2. The van der Waals surface area contributed by atoms with Crippen LogP contribution in [-0.4, -0.2) is 19.0 Å². The second-order valence-corrected chi connectivity index (χ2v) is 6.74. The zero-order valence-corrected chi connectivity index (χ0v) is 12.7. The molecule has 0 spiro atoms. The number of fused-ring (bicyclic) bond motifs is 1. The Morgan fingerprint density at radius 2 is 1.57 bits per heavy atom. The van der Waals surface area contributed by atoms with Crippen molar-refractivity contribution in [3.63, 3.8) is 0 Å². The molecule has 5 heteroatoms. The van der Waals surface area contributed by atoms with Crippen molar-refractivity contribution < 1.29 is 13.0 Å². The molecule has 3 rings (SSSR count). The van der Waals surface area contributed by atoms with Gasteiger partial charge in [0.05, 0.1) is 0 Å². The molecule has 1 saturated carbocycles. The summed E-state index contributed by atoms with van der Waals surface area (Å²) in [6.07, 6.45) is 6.66. The Bertz CT molecular complexity index is 686. The lowest BCUT2D eigenvalue weighted by Gasteiger charge is -2.15. The number of hydrogen-bond acceptors (Lipinski definition) is 3. The van der Waals surface area contributed by atoms with Crippen LogP contribution in [0.25, 0.3) is 10.8 Å². The second kappa shape index (κ2) is 7.02. The van der Waals surface area contributed by atoms with E-state index in [0.717, 1.165) is 5.39 Å². The third-order valence-electron chi connectivity index (χ3n) is 3.68. The molecule has 0 aromatic heterocycles. The first-order valence-electron chi connectivity index (χ1n) is 7.19. The molecule has 114 valence electrons.